The second-order valence-corrected chi connectivity index (χ2v) is 8.94. The second kappa shape index (κ2) is 14.5. The molecule has 180 valence electrons. The van der Waals surface area contributed by atoms with E-state index in [0.29, 0.717) is 25.2 Å². The fourth-order valence-corrected chi connectivity index (χ4v) is 4.66. The average Bonchev–Trinajstić information content (AvgIpc) is 2.73. The van der Waals surface area contributed by atoms with Crippen LogP contribution in [0, 0.1) is 5.92 Å². The first-order valence-corrected chi connectivity index (χ1v) is 12.4. The number of hydrogen-bond donors (Lipinski definition) is 0. The van der Waals surface area contributed by atoms with E-state index in [1.807, 2.05) is 0 Å². The summed E-state index contributed by atoms with van der Waals surface area (Å²) in [4.78, 5) is 36.4. The molecular formula is C25H44O6. The Balaban J connectivity index is 3.16. The Morgan fingerprint density at radius 3 is 1.77 bits per heavy atom. The van der Waals surface area contributed by atoms with Crippen molar-refractivity contribution < 1.29 is 28.6 Å². The Labute approximate surface area is 188 Å². The zero-order valence-electron chi connectivity index (χ0n) is 20.4. The molecule has 3 unspecified atom stereocenters. The highest BCUT2D eigenvalue weighted by atomic mass is 16.6. The molecule has 1 rings (SSSR count). The number of esters is 3. The maximum absolute atomic E-state index is 12.4. The molecule has 1 aliphatic carbocycles. The molecule has 0 heterocycles. The minimum Gasteiger partial charge on any atom is -0.462 e. The summed E-state index contributed by atoms with van der Waals surface area (Å²) < 4.78 is 17.4. The molecule has 6 heteroatoms. The van der Waals surface area contributed by atoms with Crippen LogP contribution in [0.3, 0.4) is 0 Å². The Bertz CT molecular complexity index is 532. The molecule has 0 amide bonds. The zero-order chi connectivity index (χ0) is 23.3. The van der Waals surface area contributed by atoms with Gasteiger partial charge in [-0.05, 0) is 12.3 Å². The highest BCUT2D eigenvalue weighted by molar-refractivity contribution is 5.70. The van der Waals surface area contributed by atoms with Crippen LogP contribution in [0.2, 0.25) is 0 Å². The molecule has 1 saturated carbocycles. The molecular weight excluding hydrogens is 396 g/mol. The van der Waals surface area contributed by atoms with Crippen LogP contribution in [0.5, 0.6) is 0 Å². The van der Waals surface area contributed by atoms with Crippen LogP contribution in [-0.4, -0.2) is 35.7 Å². The second-order valence-electron chi connectivity index (χ2n) is 8.94. The number of rotatable bonds is 14. The van der Waals surface area contributed by atoms with Crippen LogP contribution in [0.15, 0.2) is 0 Å². The Morgan fingerprint density at radius 2 is 1.32 bits per heavy atom. The van der Waals surface area contributed by atoms with Gasteiger partial charge >= 0.3 is 17.9 Å². The molecule has 6 nitrogen and oxygen atoms in total. The minimum atomic E-state index is -0.769. The van der Waals surface area contributed by atoms with Gasteiger partial charge in [0.25, 0.3) is 0 Å². The highest BCUT2D eigenvalue weighted by Crippen LogP contribution is 2.42. The van der Waals surface area contributed by atoms with Crippen LogP contribution in [0.25, 0.3) is 0 Å². The molecule has 0 aromatic heterocycles. The van der Waals surface area contributed by atoms with E-state index < -0.39 is 17.8 Å². The molecule has 31 heavy (non-hydrogen) atoms. The van der Waals surface area contributed by atoms with E-state index in [2.05, 4.69) is 13.8 Å². The normalized spacial score (nSPS) is 24.3. The lowest BCUT2D eigenvalue weighted by molar-refractivity contribution is -0.188. The molecule has 0 aromatic carbocycles. The van der Waals surface area contributed by atoms with Gasteiger partial charge in [0, 0.05) is 38.5 Å². The van der Waals surface area contributed by atoms with Gasteiger partial charge in [0.2, 0.25) is 0 Å². The molecule has 0 aliphatic heterocycles. The van der Waals surface area contributed by atoms with Crippen LogP contribution < -0.4 is 0 Å². The van der Waals surface area contributed by atoms with Crippen molar-refractivity contribution in [1.82, 2.24) is 0 Å². The van der Waals surface area contributed by atoms with Gasteiger partial charge in [-0.3, -0.25) is 14.4 Å². The van der Waals surface area contributed by atoms with E-state index in [0.717, 1.165) is 32.1 Å². The van der Waals surface area contributed by atoms with Gasteiger partial charge in [0.05, 0.1) is 0 Å². The van der Waals surface area contributed by atoms with Crippen LogP contribution >= 0.6 is 0 Å². The maximum Gasteiger partial charge on any atom is 0.306 e. The first-order valence-electron chi connectivity index (χ1n) is 12.4. The molecule has 1 fully saturated rings. The zero-order valence-corrected chi connectivity index (χ0v) is 20.4. The molecule has 0 radical (unpaired) electrons. The monoisotopic (exact) mass is 440 g/mol. The molecule has 0 N–H and O–H groups in total. The molecule has 0 bridgehead atoms. The quantitative estimate of drug-likeness (QED) is 0.190. The summed E-state index contributed by atoms with van der Waals surface area (Å²) in [5.41, 5.74) is -0.769. The Kier molecular flexibility index (Phi) is 12.8. The molecule has 1 aliphatic rings. The summed E-state index contributed by atoms with van der Waals surface area (Å²) in [7, 11) is 0. The van der Waals surface area contributed by atoms with E-state index in [1.54, 1.807) is 20.8 Å². The Morgan fingerprint density at radius 1 is 0.774 bits per heavy atom. The first-order chi connectivity index (χ1) is 14.8. The lowest BCUT2D eigenvalue weighted by atomic mass is 9.74. The van der Waals surface area contributed by atoms with Crippen molar-refractivity contribution in [3.05, 3.63) is 0 Å². The summed E-state index contributed by atoms with van der Waals surface area (Å²) in [5.74, 6) is -0.399. The Hall–Kier alpha value is -1.59. The number of carbonyl (C=O) groups is 3. The van der Waals surface area contributed by atoms with Crippen LogP contribution in [0.4, 0.5) is 0 Å². The third-order valence-electron chi connectivity index (χ3n) is 6.09. The predicted molar refractivity (Wildman–Crippen MR) is 120 cm³/mol. The van der Waals surface area contributed by atoms with Crippen molar-refractivity contribution in [2.45, 2.75) is 136 Å². The molecule has 0 aromatic rings. The summed E-state index contributed by atoms with van der Waals surface area (Å²) >= 11 is 0. The summed E-state index contributed by atoms with van der Waals surface area (Å²) in [6, 6.07) is 0. The lowest BCUT2D eigenvalue weighted by Gasteiger charge is -2.44. The van der Waals surface area contributed by atoms with E-state index in [9.17, 15) is 14.4 Å². The SMILES string of the molecule is CCCCCC(CCC)CC1(OC(=O)CC)CC(OC(=O)CC)CC(OC(=O)CC)C1. The van der Waals surface area contributed by atoms with E-state index in [-0.39, 0.29) is 37.2 Å². The average molecular weight is 441 g/mol. The van der Waals surface area contributed by atoms with Gasteiger partial charge in [-0.1, -0.05) is 73.1 Å². The summed E-state index contributed by atoms with van der Waals surface area (Å²) in [6.45, 7) is 9.67. The van der Waals surface area contributed by atoms with Crippen molar-refractivity contribution in [1.29, 1.82) is 0 Å². The highest BCUT2D eigenvalue weighted by Gasteiger charge is 2.47. The van der Waals surface area contributed by atoms with Crippen molar-refractivity contribution in [3.8, 4) is 0 Å². The summed E-state index contributed by atoms with van der Waals surface area (Å²) in [6.07, 6.45) is 8.87. The molecule has 0 spiro atoms. The van der Waals surface area contributed by atoms with Crippen LogP contribution in [-0.2, 0) is 28.6 Å². The van der Waals surface area contributed by atoms with Crippen molar-refractivity contribution in [3.63, 3.8) is 0 Å². The van der Waals surface area contributed by atoms with Gasteiger partial charge in [0.1, 0.15) is 17.8 Å². The van der Waals surface area contributed by atoms with Gasteiger partial charge in [0.15, 0.2) is 0 Å². The van der Waals surface area contributed by atoms with Gasteiger partial charge in [-0.15, -0.1) is 0 Å². The first kappa shape index (κ1) is 27.4. The predicted octanol–water partition coefficient (Wildman–Crippen LogP) is 5.89. The maximum atomic E-state index is 12.4. The number of carbonyl (C=O) groups excluding carboxylic acids is 3. The van der Waals surface area contributed by atoms with Crippen molar-refractivity contribution in [2.24, 2.45) is 5.92 Å². The fourth-order valence-electron chi connectivity index (χ4n) is 4.66. The summed E-state index contributed by atoms with van der Waals surface area (Å²) in [5, 5.41) is 0. The van der Waals surface area contributed by atoms with Gasteiger partial charge < -0.3 is 14.2 Å². The minimum absolute atomic E-state index is 0.258. The largest absolute Gasteiger partial charge is 0.462 e. The fraction of sp³-hybridized carbons (Fsp3) is 0.880. The lowest BCUT2D eigenvalue weighted by Crippen LogP contribution is -2.50. The van der Waals surface area contributed by atoms with Crippen LogP contribution in [0.1, 0.15) is 118 Å². The third kappa shape index (κ3) is 10.0. The van der Waals surface area contributed by atoms with Crippen molar-refractivity contribution >= 4 is 17.9 Å². The number of ether oxygens (including phenoxy) is 3. The van der Waals surface area contributed by atoms with Gasteiger partial charge in [-0.25, -0.2) is 0 Å². The topological polar surface area (TPSA) is 78.9 Å². The number of hydrogen-bond acceptors (Lipinski definition) is 6. The standard InChI is InChI=1S/C25H44O6/c1-6-11-12-14-19(13-7-2)16-25(31-24(28)10-5)17-20(29-22(26)8-3)15-21(18-25)30-23(27)9-4/h19-21H,6-18H2,1-5H3. The van der Waals surface area contributed by atoms with E-state index >= 15 is 0 Å². The third-order valence-corrected chi connectivity index (χ3v) is 6.09. The van der Waals surface area contributed by atoms with E-state index in [4.69, 9.17) is 14.2 Å². The van der Waals surface area contributed by atoms with E-state index in [1.165, 1.54) is 12.8 Å². The molecule has 0 saturated heterocycles. The van der Waals surface area contributed by atoms with Gasteiger partial charge in [-0.2, -0.15) is 0 Å². The number of unbranched alkanes of at least 4 members (excludes halogenated alkanes) is 2. The smallest absolute Gasteiger partial charge is 0.306 e. The molecule has 3 atom stereocenters. The van der Waals surface area contributed by atoms with Crippen molar-refractivity contribution in [2.75, 3.05) is 0 Å².